The van der Waals surface area contributed by atoms with Gasteiger partial charge in [-0.3, -0.25) is 14.9 Å². The summed E-state index contributed by atoms with van der Waals surface area (Å²) in [6, 6.07) is 0. The van der Waals surface area contributed by atoms with Gasteiger partial charge in [0.05, 0.1) is 0 Å². The summed E-state index contributed by atoms with van der Waals surface area (Å²) in [6.45, 7) is 0. The largest absolute Gasteiger partial charge is 0.415 e. The Bertz CT molecular complexity index is 300. The Kier molecular flexibility index (Phi) is 4.84. The van der Waals surface area contributed by atoms with Crippen molar-refractivity contribution in [2.45, 2.75) is 3.79 Å². The summed E-state index contributed by atoms with van der Waals surface area (Å²) >= 11 is 15.2. The van der Waals surface area contributed by atoms with Crippen LogP contribution in [-0.4, -0.2) is 27.4 Å². The molecule has 0 aliphatic heterocycles. The number of hydrogen-bond donors (Lipinski definition) is 2. The molecule has 1 unspecified atom stereocenters. The van der Waals surface area contributed by atoms with Gasteiger partial charge in [0.15, 0.2) is 0 Å². The highest BCUT2D eigenvalue weighted by Gasteiger charge is 2.37. The molecule has 0 fully saturated rings. The fourth-order valence-electron chi connectivity index (χ4n) is 0.322. The summed E-state index contributed by atoms with van der Waals surface area (Å²) in [5.41, 5.74) is -1.56. The van der Waals surface area contributed by atoms with Crippen LogP contribution in [0.15, 0.2) is 0 Å². The maximum absolute atomic E-state index is 10.8. The monoisotopic (exact) mass is 283 g/mol. The summed E-state index contributed by atoms with van der Waals surface area (Å²) in [7, 11) is -3.72. The molecule has 2 N–H and O–H groups in total. The number of hydrogen-bond acceptors (Lipinski definition) is 4. The Morgan fingerprint density at radius 2 is 1.86 bits per heavy atom. The van der Waals surface area contributed by atoms with E-state index in [-0.39, 0.29) is 0 Å². The summed E-state index contributed by atoms with van der Waals surface area (Å²) < 4.78 is 12.3. The molecule has 0 aromatic carbocycles. The van der Waals surface area contributed by atoms with E-state index in [0.29, 0.717) is 0 Å². The Morgan fingerprint density at radius 3 is 2.14 bits per heavy atom. The SMILES string of the molecule is COP(=O)(O)C(=O)NC(=O)C(Cl)(Cl)Cl. The van der Waals surface area contributed by atoms with E-state index in [2.05, 4.69) is 4.52 Å². The fraction of sp³-hybridized carbons (Fsp3) is 0.500. The predicted molar refractivity (Wildman–Crippen MR) is 50.7 cm³/mol. The molecule has 10 heteroatoms. The van der Waals surface area contributed by atoms with Crippen molar-refractivity contribution in [3.63, 3.8) is 0 Å². The van der Waals surface area contributed by atoms with Gasteiger partial charge in [-0.05, 0) is 0 Å². The molecule has 6 nitrogen and oxygen atoms in total. The highest BCUT2D eigenvalue weighted by molar-refractivity contribution is 7.70. The third-order valence-corrected chi connectivity index (χ3v) is 2.62. The van der Waals surface area contributed by atoms with Crippen LogP contribution in [0.2, 0.25) is 0 Å². The van der Waals surface area contributed by atoms with Crippen LogP contribution in [0.4, 0.5) is 4.79 Å². The van der Waals surface area contributed by atoms with Crippen LogP contribution in [0.25, 0.3) is 0 Å². The zero-order valence-corrected chi connectivity index (χ0v) is 9.82. The number of carbonyl (C=O) groups is 2. The van der Waals surface area contributed by atoms with Gasteiger partial charge in [-0.1, -0.05) is 34.8 Å². The van der Waals surface area contributed by atoms with Crippen molar-refractivity contribution in [2.24, 2.45) is 0 Å². The summed E-state index contributed by atoms with van der Waals surface area (Å²) in [4.78, 5) is 30.4. The Balaban J connectivity index is 4.51. The van der Waals surface area contributed by atoms with Gasteiger partial charge in [0, 0.05) is 7.11 Å². The van der Waals surface area contributed by atoms with Gasteiger partial charge >= 0.3 is 13.2 Å². The normalized spacial score (nSPS) is 15.8. The Morgan fingerprint density at radius 1 is 1.43 bits per heavy atom. The fourth-order valence-corrected chi connectivity index (χ4v) is 0.872. The van der Waals surface area contributed by atoms with E-state index >= 15 is 0 Å². The maximum Gasteiger partial charge on any atom is 0.415 e. The van der Waals surface area contributed by atoms with Crippen LogP contribution in [-0.2, 0) is 13.9 Å². The number of halogens is 3. The molecule has 0 rings (SSSR count). The lowest BCUT2D eigenvalue weighted by molar-refractivity contribution is -0.119. The molecule has 82 valence electrons. The zero-order chi connectivity index (χ0) is 11.6. The second-order valence-corrected chi connectivity index (χ2v) is 6.05. The van der Waals surface area contributed by atoms with Crippen LogP contribution < -0.4 is 5.32 Å². The molecule has 0 bridgehead atoms. The van der Waals surface area contributed by atoms with Gasteiger partial charge in [-0.2, -0.15) is 0 Å². The lowest BCUT2D eigenvalue weighted by Crippen LogP contribution is -2.38. The van der Waals surface area contributed by atoms with Crippen molar-refractivity contribution < 1.29 is 23.6 Å². The lowest BCUT2D eigenvalue weighted by Gasteiger charge is -2.12. The summed E-state index contributed by atoms with van der Waals surface area (Å²) in [5.74, 6) is -1.33. The smallest absolute Gasteiger partial charge is 0.318 e. The first-order valence-corrected chi connectivity index (χ1v) is 5.63. The van der Waals surface area contributed by atoms with E-state index in [1.54, 1.807) is 0 Å². The number of imide groups is 1. The molecule has 0 saturated heterocycles. The standard InChI is InChI=1S/C4H5Cl3NO5P/c1-13-14(11,12)3(10)8-2(9)4(5,6)7/h1H3,(H,11,12)(H,8,9,10). The van der Waals surface area contributed by atoms with Crippen LogP contribution in [0.3, 0.4) is 0 Å². The molecule has 0 saturated carbocycles. The Hall–Kier alpha value is 0.160. The molecule has 2 amide bonds. The first kappa shape index (κ1) is 14.2. The molecule has 0 aromatic heterocycles. The second-order valence-electron chi connectivity index (χ2n) is 1.96. The molecule has 0 spiro atoms. The summed E-state index contributed by atoms with van der Waals surface area (Å²) in [5, 5.41) is 1.40. The summed E-state index contributed by atoms with van der Waals surface area (Å²) in [6.07, 6.45) is 0. The number of rotatable bonds is 2. The van der Waals surface area contributed by atoms with Crippen LogP contribution >= 0.6 is 42.4 Å². The van der Waals surface area contributed by atoms with Crippen molar-refractivity contribution in [1.82, 2.24) is 5.32 Å². The molecule has 0 aromatic rings. The first-order chi connectivity index (χ1) is 6.11. The minimum Gasteiger partial charge on any atom is -0.318 e. The molecule has 14 heavy (non-hydrogen) atoms. The topological polar surface area (TPSA) is 92.7 Å². The average Bonchev–Trinajstić information content (AvgIpc) is 2.02. The molecule has 0 aliphatic rings. The van der Waals surface area contributed by atoms with Gasteiger partial charge in [-0.15, -0.1) is 0 Å². The minimum absolute atomic E-state index is 0.820. The second kappa shape index (κ2) is 4.79. The van der Waals surface area contributed by atoms with Crippen molar-refractivity contribution in [3.05, 3.63) is 0 Å². The first-order valence-electron chi connectivity index (χ1n) is 2.92. The Labute approximate surface area is 94.0 Å². The molecular formula is C4H5Cl3NO5P. The van der Waals surface area contributed by atoms with Crippen LogP contribution in [0.1, 0.15) is 0 Å². The van der Waals surface area contributed by atoms with E-state index in [4.69, 9.17) is 39.7 Å². The number of alkyl halides is 3. The quantitative estimate of drug-likeness (QED) is 0.591. The highest BCUT2D eigenvalue weighted by Crippen LogP contribution is 2.41. The molecule has 1 atom stereocenters. The third-order valence-electron chi connectivity index (χ3n) is 0.982. The highest BCUT2D eigenvalue weighted by atomic mass is 35.6. The van der Waals surface area contributed by atoms with E-state index in [0.717, 1.165) is 7.11 Å². The van der Waals surface area contributed by atoms with Gasteiger partial charge in [-0.25, -0.2) is 4.57 Å². The van der Waals surface area contributed by atoms with Gasteiger partial charge in [0.2, 0.25) is 0 Å². The molecular weight excluding hydrogens is 279 g/mol. The third kappa shape index (κ3) is 4.13. The van der Waals surface area contributed by atoms with E-state index < -0.39 is 22.9 Å². The van der Waals surface area contributed by atoms with Crippen molar-refractivity contribution in [3.8, 4) is 0 Å². The lowest BCUT2D eigenvalue weighted by atomic mass is 10.7. The predicted octanol–water partition coefficient (Wildman–Crippen LogP) is 1.42. The van der Waals surface area contributed by atoms with Gasteiger partial charge in [0.1, 0.15) is 0 Å². The number of carbonyl (C=O) groups excluding carboxylic acids is 2. The minimum atomic E-state index is -4.53. The van der Waals surface area contributed by atoms with E-state index in [1.807, 2.05) is 0 Å². The van der Waals surface area contributed by atoms with Crippen LogP contribution in [0, 0.1) is 0 Å². The molecule has 0 aliphatic carbocycles. The maximum atomic E-state index is 10.8. The number of amides is 2. The van der Waals surface area contributed by atoms with Crippen molar-refractivity contribution >= 4 is 54.0 Å². The van der Waals surface area contributed by atoms with Gasteiger partial charge in [0.25, 0.3) is 9.70 Å². The average molecular weight is 284 g/mol. The van der Waals surface area contributed by atoms with Gasteiger partial charge < -0.3 is 9.42 Å². The van der Waals surface area contributed by atoms with E-state index in [9.17, 15) is 14.2 Å². The van der Waals surface area contributed by atoms with Crippen molar-refractivity contribution in [2.75, 3.05) is 7.11 Å². The van der Waals surface area contributed by atoms with E-state index in [1.165, 1.54) is 5.32 Å². The molecule has 0 radical (unpaired) electrons. The van der Waals surface area contributed by atoms with Crippen molar-refractivity contribution in [1.29, 1.82) is 0 Å². The zero-order valence-electron chi connectivity index (χ0n) is 6.66. The number of nitrogens with one attached hydrogen (secondary N) is 1. The molecule has 0 heterocycles. The van der Waals surface area contributed by atoms with Crippen LogP contribution in [0.5, 0.6) is 0 Å².